The number of rotatable bonds is 6. The van der Waals surface area contributed by atoms with E-state index in [1.165, 1.54) is 0 Å². The van der Waals surface area contributed by atoms with E-state index in [4.69, 9.17) is 9.47 Å². The molecule has 1 heterocycles. The van der Waals surface area contributed by atoms with Crippen LogP contribution < -0.4 is 9.47 Å². The maximum absolute atomic E-state index is 13.4. The molecule has 7 heteroatoms. The van der Waals surface area contributed by atoms with E-state index in [0.717, 1.165) is 22.4 Å². The van der Waals surface area contributed by atoms with Crippen LogP contribution in [0.1, 0.15) is 10.9 Å². The summed E-state index contributed by atoms with van der Waals surface area (Å²) in [6, 6.07) is 22.6. The Morgan fingerprint density at radius 1 is 0.867 bits per heavy atom. The van der Waals surface area contributed by atoms with Gasteiger partial charge in [0.05, 0.1) is 24.5 Å². The fraction of sp³-hybridized carbons (Fsp3) is 0.217. The molecule has 1 saturated heterocycles. The van der Waals surface area contributed by atoms with E-state index in [1.807, 2.05) is 60.7 Å². The van der Waals surface area contributed by atoms with Crippen molar-refractivity contribution >= 4 is 21.8 Å². The van der Waals surface area contributed by atoms with Gasteiger partial charge in [-0.2, -0.15) is 4.31 Å². The largest absolute Gasteiger partial charge is 0.493 e. The van der Waals surface area contributed by atoms with Crippen LogP contribution in [0.25, 0.3) is 11.1 Å². The van der Waals surface area contributed by atoms with Gasteiger partial charge in [-0.1, -0.05) is 48.5 Å². The summed E-state index contributed by atoms with van der Waals surface area (Å²) in [7, 11) is -0.473. The molecule has 5 nitrogen and oxygen atoms in total. The molecule has 0 unspecified atom stereocenters. The van der Waals surface area contributed by atoms with Crippen LogP contribution in [0.3, 0.4) is 0 Å². The molecule has 3 aromatic carbocycles. The van der Waals surface area contributed by atoms with Crippen molar-refractivity contribution in [2.24, 2.45) is 0 Å². The summed E-state index contributed by atoms with van der Waals surface area (Å²) in [5, 5.41) is -0.302. The van der Waals surface area contributed by atoms with Crippen molar-refractivity contribution in [2.45, 2.75) is 10.3 Å². The molecule has 156 valence electrons. The molecule has 0 N–H and O–H groups in total. The standard InChI is InChI=1S/C23H23NO4S2/c1-27-21-13-10-19(16-22(21)28-2)23-24(14-15-29-23)30(25,26)20-11-8-18(9-12-20)17-6-4-3-5-7-17/h3-13,16,23H,14-15H2,1-2H3/t23-/m1/s1. The summed E-state index contributed by atoms with van der Waals surface area (Å²) >= 11 is 1.61. The summed E-state index contributed by atoms with van der Waals surface area (Å²) in [4.78, 5) is 0.301. The van der Waals surface area contributed by atoms with E-state index in [9.17, 15) is 8.42 Å². The molecule has 1 fully saturated rings. The zero-order valence-corrected chi connectivity index (χ0v) is 18.4. The Kier molecular flexibility index (Phi) is 6.04. The highest BCUT2D eigenvalue weighted by molar-refractivity contribution is 8.01. The Bertz CT molecular complexity index is 1120. The molecular formula is C23H23NO4S2. The van der Waals surface area contributed by atoms with Crippen molar-refractivity contribution in [1.29, 1.82) is 0 Å². The second kappa shape index (κ2) is 8.71. The van der Waals surface area contributed by atoms with Crippen LogP contribution in [0.15, 0.2) is 77.7 Å². The van der Waals surface area contributed by atoms with Crippen molar-refractivity contribution < 1.29 is 17.9 Å². The van der Waals surface area contributed by atoms with E-state index >= 15 is 0 Å². The highest BCUT2D eigenvalue weighted by atomic mass is 32.2. The molecule has 0 aromatic heterocycles. The average molecular weight is 442 g/mol. The van der Waals surface area contributed by atoms with Crippen LogP contribution in [-0.2, 0) is 10.0 Å². The second-order valence-corrected chi connectivity index (χ2v) is 9.92. The summed E-state index contributed by atoms with van der Waals surface area (Å²) in [5.74, 6) is 1.95. The molecule has 30 heavy (non-hydrogen) atoms. The molecule has 1 aliphatic heterocycles. The molecule has 0 radical (unpaired) electrons. The molecule has 0 spiro atoms. The molecular weight excluding hydrogens is 418 g/mol. The minimum Gasteiger partial charge on any atom is -0.493 e. The summed E-state index contributed by atoms with van der Waals surface area (Å²) < 4.78 is 39.1. The Morgan fingerprint density at radius 3 is 2.20 bits per heavy atom. The topological polar surface area (TPSA) is 55.8 Å². The van der Waals surface area contributed by atoms with Gasteiger partial charge in [0.15, 0.2) is 11.5 Å². The fourth-order valence-corrected chi connectivity index (χ4v) is 6.79. The highest BCUT2D eigenvalue weighted by Crippen LogP contribution is 2.43. The molecule has 0 saturated carbocycles. The third-order valence-electron chi connectivity index (χ3n) is 5.11. The van der Waals surface area contributed by atoms with Gasteiger partial charge in [0.1, 0.15) is 0 Å². The lowest BCUT2D eigenvalue weighted by molar-refractivity contribution is 0.353. The van der Waals surface area contributed by atoms with Crippen LogP contribution in [-0.4, -0.2) is 39.2 Å². The lowest BCUT2D eigenvalue weighted by Crippen LogP contribution is -2.30. The molecule has 1 atom stereocenters. The zero-order valence-electron chi connectivity index (χ0n) is 16.8. The molecule has 4 rings (SSSR count). The van der Waals surface area contributed by atoms with Gasteiger partial charge in [0, 0.05) is 12.3 Å². The maximum atomic E-state index is 13.4. The van der Waals surface area contributed by atoms with Crippen molar-refractivity contribution in [3.05, 3.63) is 78.4 Å². The highest BCUT2D eigenvalue weighted by Gasteiger charge is 2.37. The Hall–Kier alpha value is -2.48. The summed E-state index contributed by atoms with van der Waals surface area (Å²) in [6.45, 7) is 0.465. The van der Waals surface area contributed by atoms with Crippen molar-refractivity contribution in [3.63, 3.8) is 0 Å². The predicted octanol–water partition coefficient (Wildman–Crippen LogP) is 4.81. The maximum Gasteiger partial charge on any atom is 0.244 e. The zero-order chi connectivity index (χ0) is 21.1. The first kappa shape index (κ1) is 20.8. The average Bonchev–Trinajstić information content (AvgIpc) is 3.30. The molecule has 0 bridgehead atoms. The molecule has 0 aliphatic carbocycles. The minimum absolute atomic E-state index is 0.301. The van der Waals surface area contributed by atoms with E-state index < -0.39 is 10.0 Å². The van der Waals surface area contributed by atoms with Gasteiger partial charge in [-0.3, -0.25) is 0 Å². The van der Waals surface area contributed by atoms with E-state index in [-0.39, 0.29) is 5.37 Å². The SMILES string of the molecule is COc1ccc([C@H]2SCCN2S(=O)(=O)c2ccc(-c3ccccc3)cc2)cc1OC. The van der Waals surface area contributed by atoms with Crippen LogP contribution in [0.4, 0.5) is 0 Å². The van der Waals surface area contributed by atoms with Gasteiger partial charge < -0.3 is 9.47 Å². The quantitative estimate of drug-likeness (QED) is 0.550. The number of hydrogen-bond acceptors (Lipinski definition) is 5. The van der Waals surface area contributed by atoms with Crippen molar-refractivity contribution in [2.75, 3.05) is 26.5 Å². The second-order valence-electron chi connectivity index (χ2n) is 6.84. The molecule has 1 aliphatic rings. The van der Waals surface area contributed by atoms with E-state index in [0.29, 0.717) is 22.9 Å². The predicted molar refractivity (Wildman–Crippen MR) is 121 cm³/mol. The Balaban J connectivity index is 1.63. The van der Waals surface area contributed by atoms with Gasteiger partial charge in [-0.05, 0) is 41.0 Å². The van der Waals surface area contributed by atoms with E-state index in [2.05, 4.69) is 0 Å². The number of ether oxygens (including phenoxy) is 2. The van der Waals surface area contributed by atoms with Crippen LogP contribution in [0, 0.1) is 0 Å². The first-order valence-corrected chi connectivity index (χ1v) is 12.0. The van der Waals surface area contributed by atoms with E-state index in [1.54, 1.807) is 42.4 Å². The number of benzene rings is 3. The van der Waals surface area contributed by atoms with Gasteiger partial charge in [-0.15, -0.1) is 11.8 Å². The van der Waals surface area contributed by atoms with Crippen LogP contribution in [0.2, 0.25) is 0 Å². The minimum atomic E-state index is -3.63. The lowest BCUT2D eigenvalue weighted by Gasteiger charge is -2.24. The summed E-state index contributed by atoms with van der Waals surface area (Å²) in [5.41, 5.74) is 2.92. The van der Waals surface area contributed by atoms with Gasteiger partial charge >= 0.3 is 0 Å². The smallest absolute Gasteiger partial charge is 0.244 e. The fourth-order valence-electron chi connectivity index (χ4n) is 3.56. The first-order chi connectivity index (χ1) is 14.5. The van der Waals surface area contributed by atoms with Gasteiger partial charge in [-0.25, -0.2) is 8.42 Å². The van der Waals surface area contributed by atoms with Crippen molar-refractivity contribution in [3.8, 4) is 22.6 Å². The normalized spacial score (nSPS) is 17.1. The van der Waals surface area contributed by atoms with Crippen LogP contribution >= 0.6 is 11.8 Å². The first-order valence-electron chi connectivity index (χ1n) is 9.55. The molecule has 3 aromatic rings. The van der Waals surface area contributed by atoms with Gasteiger partial charge in [0.25, 0.3) is 0 Å². The van der Waals surface area contributed by atoms with Crippen molar-refractivity contribution in [1.82, 2.24) is 4.31 Å². The van der Waals surface area contributed by atoms with Gasteiger partial charge in [0.2, 0.25) is 10.0 Å². The third-order valence-corrected chi connectivity index (χ3v) is 8.38. The Morgan fingerprint density at radius 2 is 1.53 bits per heavy atom. The lowest BCUT2D eigenvalue weighted by atomic mass is 10.1. The number of methoxy groups -OCH3 is 2. The number of sulfonamides is 1. The third kappa shape index (κ3) is 3.93. The Labute approximate surface area is 181 Å². The molecule has 0 amide bonds. The number of hydrogen-bond donors (Lipinski definition) is 0. The monoisotopic (exact) mass is 441 g/mol. The summed E-state index contributed by atoms with van der Waals surface area (Å²) in [6.07, 6.45) is 0. The number of thioether (sulfide) groups is 1. The number of nitrogens with zero attached hydrogens (tertiary/aromatic N) is 1. The van der Waals surface area contributed by atoms with Crippen LogP contribution in [0.5, 0.6) is 11.5 Å².